The molecule has 1 aliphatic heterocycles. The van der Waals surface area contributed by atoms with Crippen LogP contribution in [0.5, 0.6) is 5.75 Å². The van der Waals surface area contributed by atoms with E-state index in [0.29, 0.717) is 41.2 Å². The van der Waals surface area contributed by atoms with E-state index in [1.54, 1.807) is 19.2 Å². The Balaban J connectivity index is 1.44. The van der Waals surface area contributed by atoms with Crippen molar-refractivity contribution in [2.45, 2.75) is 18.8 Å². The van der Waals surface area contributed by atoms with Gasteiger partial charge >= 0.3 is 0 Å². The summed E-state index contributed by atoms with van der Waals surface area (Å²) in [6.45, 7) is 1.30. The molecule has 2 heterocycles. The second-order valence-electron chi connectivity index (χ2n) is 8.29. The minimum atomic E-state index is -0.230. The second-order valence-corrected chi connectivity index (χ2v) is 8.29. The summed E-state index contributed by atoms with van der Waals surface area (Å²) in [7, 11) is 1.66. The molecule has 1 amide bonds. The highest BCUT2D eigenvalue weighted by molar-refractivity contribution is 6.04. The van der Waals surface area contributed by atoms with Crippen molar-refractivity contribution in [1.82, 2.24) is 14.7 Å². The molecular weight excluding hydrogens is 414 g/mol. The molecule has 0 saturated carbocycles. The van der Waals surface area contributed by atoms with Crippen LogP contribution in [-0.4, -0.2) is 40.8 Å². The van der Waals surface area contributed by atoms with E-state index in [2.05, 4.69) is 17.2 Å². The lowest BCUT2D eigenvalue weighted by Gasteiger charge is -2.32. The molecule has 0 atom stereocenters. The molecule has 1 saturated heterocycles. The van der Waals surface area contributed by atoms with Crippen LogP contribution in [0.4, 0.5) is 0 Å². The van der Waals surface area contributed by atoms with E-state index < -0.39 is 0 Å². The zero-order valence-corrected chi connectivity index (χ0v) is 18.5. The Morgan fingerprint density at radius 2 is 1.52 bits per heavy atom. The third kappa shape index (κ3) is 4.00. The minimum Gasteiger partial charge on any atom is -0.497 e. The van der Waals surface area contributed by atoms with Crippen LogP contribution in [0, 0.1) is 0 Å². The van der Waals surface area contributed by atoms with Crippen molar-refractivity contribution < 1.29 is 9.53 Å². The average Bonchev–Trinajstić information content (AvgIpc) is 2.89. The zero-order chi connectivity index (χ0) is 22.8. The van der Waals surface area contributed by atoms with Gasteiger partial charge in [-0.05, 0) is 54.7 Å². The summed E-state index contributed by atoms with van der Waals surface area (Å²) in [5, 5.41) is 5.63. The van der Waals surface area contributed by atoms with Crippen molar-refractivity contribution in [2.75, 3.05) is 20.2 Å². The van der Waals surface area contributed by atoms with Gasteiger partial charge in [0.25, 0.3) is 11.5 Å². The highest BCUT2D eigenvalue weighted by atomic mass is 16.5. The molecule has 1 fully saturated rings. The van der Waals surface area contributed by atoms with Gasteiger partial charge in [-0.25, -0.2) is 0 Å². The first-order valence-electron chi connectivity index (χ1n) is 11.2. The Bertz CT molecular complexity index is 1340. The van der Waals surface area contributed by atoms with E-state index in [4.69, 9.17) is 4.74 Å². The number of amides is 1. The summed E-state index contributed by atoms with van der Waals surface area (Å²) in [4.78, 5) is 28.5. The number of hydrogen-bond acceptors (Lipinski definition) is 4. The van der Waals surface area contributed by atoms with Gasteiger partial charge in [-0.2, -0.15) is 9.78 Å². The Kier molecular flexibility index (Phi) is 5.65. The first-order chi connectivity index (χ1) is 16.2. The molecule has 0 spiro atoms. The van der Waals surface area contributed by atoms with E-state index in [0.717, 1.165) is 18.6 Å². The molecule has 3 aromatic carbocycles. The van der Waals surface area contributed by atoms with Crippen molar-refractivity contribution in [2.24, 2.45) is 0 Å². The Labute approximate surface area is 192 Å². The number of carbonyl (C=O) groups excluding carboxylic acids is 1. The summed E-state index contributed by atoms with van der Waals surface area (Å²) in [5.74, 6) is 1.12. The first-order valence-corrected chi connectivity index (χ1v) is 11.2. The van der Waals surface area contributed by atoms with E-state index >= 15 is 0 Å². The maximum Gasteiger partial charge on any atom is 0.279 e. The van der Waals surface area contributed by atoms with Crippen LogP contribution in [0.1, 0.15) is 34.8 Å². The maximum atomic E-state index is 13.6. The number of piperidine rings is 1. The zero-order valence-electron chi connectivity index (χ0n) is 18.5. The van der Waals surface area contributed by atoms with Gasteiger partial charge in [-0.3, -0.25) is 9.59 Å². The van der Waals surface area contributed by atoms with Crippen LogP contribution in [0.2, 0.25) is 0 Å². The molecule has 6 nitrogen and oxygen atoms in total. The molecule has 0 bridgehead atoms. The van der Waals surface area contributed by atoms with Gasteiger partial charge in [0, 0.05) is 18.5 Å². The molecule has 0 unspecified atom stereocenters. The molecule has 0 radical (unpaired) electrons. The average molecular weight is 440 g/mol. The maximum absolute atomic E-state index is 13.6. The van der Waals surface area contributed by atoms with E-state index in [1.807, 2.05) is 59.5 Å². The molecule has 33 heavy (non-hydrogen) atoms. The summed E-state index contributed by atoms with van der Waals surface area (Å²) in [5.41, 5.74) is 1.99. The number of para-hydroxylation sites is 1. The quantitative estimate of drug-likeness (QED) is 0.472. The SMILES string of the molecule is COc1ccc(C2CCN(C(=O)c3nn(-c4ccccc4)c(=O)c4ccccc34)CC2)cc1. The summed E-state index contributed by atoms with van der Waals surface area (Å²) >= 11 is 0. The molecule has 1 aromatic heterocycles. The lowest BCUT2D eigenvalue weighted by molar-refractivity contribution is 0.0707. The van der Waals surface area contributed by atoms with Gasteiger partial charge < -0.3 is 9.64 Å². The molecule has 166 valence electrons. The van der Waals surface area contributed by atoms with Gasteiger partial charge in [0.15, 0.2) is 5.69 Å². The molecule has 5 rings (SSSR count). The summed E-state index contributed by atoms with van der Waals surface area (Å²) in [6, 6.07) is 24.6. The van der Waals surface area contributed by atoms with E-state index in [9.17, 15) is 9.59 Å². The fourth-order valence-corrected chi connectivity index (χ4v) is 4.53. The fraction of sp³-hybridized carbons (Fsp3) is 0.222. The fourth-order valence-electron chi connectivity index (χ4n) is 4.53. The van der Waals surface area contributed by atoms with Crippen LogP contribution in [0.25, 0.3) is 16.5 Å². The number of methoxy groups -OCH3 is 1. The van der Waals surface area contributed by atoms with Crippen molar-refractivity contribution in [3.8, 4) is 11.4 Å². The second kappa shape index (κ2) is 8.90. The number of rotatable bonds is 4. The molecule has 4 aromatic rings. The number of likely N-dealkylation sites (tertiary alicyclic amines) is 1. The number of benzene rings is 3. The van der Waals surface area contributed by atoms with Gasteiger partial charge in [0.1, 0.15) is 5.75 Å². The van der Waals surface area contributed by atoms with Crippen LogP contribution in [0.3, 0.4) is 0 Å². The highest BCUT2D eigenvalue weighted by Gasteiger charge is 2.27. The number of carbonyl (C=O) groups is 1. The van der Waals surface area contributed by atoms with Crippen LogP contribution >= 0.6 is 0 Å². The van der Waals surface area contributed by atoms with Crippen molar-refractivity contribution >= 4 is 16.7 Å². The molecule has 0 N–H and O–H groups in total. The molecule has 6 heteroatoms. The Morgan fingerprint density at radius 1 is 0.879 bits per heavy atom. The predicted molar refractivity (Wildman–Crippen MR) is 128 cm³/mol. The minimum absolute atomic E-state index is 0.135. The van der Waals surface area contributed by atoms with Crippen molar-refractivity contribution in [3.63, 3.8) is 0 Å². The third-order valence-corrected chi connectivity index (χ3v) is 6.38. The summed E-state index contributed by atoms with van der Waals surface area (Å²) in [6.07, 6.45) is 1.77. The van der Waals surface area contributed by atoms with Gasteiger partial charge in [-0.1, -0.05) is 48.5 Å². The van der Waals surface area contributed by atoms with Crippen LogP contribution in [-0.2, 0) is 0 Å². The monoisotopic (exact) mass is 439 g/mol. The first kappa shape index (κ1) is 20.9. The van der Waals surface area contributed by atoms with Crippen LogP contribution in [0.15, 0.2) is 83.7 Å². The number of aromatic nitrogens is 2. The van der Waals surface area contributed by atoms with Gasteiger partial charge in [0.2, 0.25) is 0 Å². The van der Waals surface area contributed by atoms with E-state index in [-0.39, 0.29) is 11.5 Å². The molecular formula is C27H25N3O3. The highest BCUT2D eigenvalue weighted by Crippen LogP contribution is 2.30. The topological polar surface area (TPSA) is 64.4 Å². The predicted octanol–water partition coefficient (Wildman–Crippen LogP) is 4.41. The smallest absolute Gasteiger partial charge is 0.279 e. The van der Waals surface area contributed by atoms with E-state index in [1.165, 1.54) is 10.2 Å². The van der Waals surface area contributed by atoms with Crippen LogP contribution < -0.4 is 10.3 Å². The lowest BCUT2D eigenvalue weighted by atomic mass is 9.89. The Morgan fingerprint density at radius 3 is 2.18 bits per heavy atom. The van der Waals surface area contributed by atoms with Gasteiger partial charge in [-0.15, -0.1) is 0 Å². The standard InChI is InChI=1S/C27H25N3O3/c1-33-22-13-11-19(12-14-22)20-15-17-29(18-16-20)27(32)25-23-9-5-6-10-24(23)26(31)30(28-25)21-7-3-2-4-8-21/h2-14,20H,15-18H2,1H3. The number of hydrogen-bond donors (Lipinski definition) is 0. The Hall–Kier alpha value is -3.93. The lowest BCUT2D eigenvalue weighted by Crippen LogP contribution is -2.39. The van der Waals surface area contributed by atoms with Crippen molar-refractivity contribution in [3.05, 3.63) is 100 Å². The molecule has 1 aliphatic rings. The largest absolute Gasteiger partial charge is 0.497 e. The number of nitrogens with zero attached hydrogens (tertiary/aromatic N) is 3. The number of ether oxygens (including phenoxy) is 1. The summed E-state index contributed by atoms with van der Waals surface area (Å²) < 4.78 is 6.59. The third-order valence-electron chi connectivity index (χ3n) is 6.38. The van der Waals surface area contributed by atoms with Gasteiger partial charge in [0.05, 0.1) is 18.2 Å². The number of fused-ring (bicyclic) bond motifs is 1. The normalized spacial score (nSPS) is 14.4. The van der Waals surface area contributed by atoms with Crippen molar-refractivity contribution in [1.29, 1.82) is 0 Å². The molecule has 0 aliphatic carbocycles.